The minimum Gasteiger partial charge on any atom is -0.486 e. The summed E-state index contributed by atoms with van der Waals surface area (Å²) in [4.78, 5) is 37.3. The zero-order valence-electron chi connectivity index (χ0n) is 25.6. The first-order valence-electron chi connectivity index (χ1n) is 14.8. The van der Waals surface area contributed by atoms with Crippen molar-refractivity contribution in [2.75, 3.05) is 57.2 Å². The van der Waals surface area contributed by atoms with Gasteiger partial charge in [0.25, 0.3) is 5.91 Å². The van der Waals surface area contributed by atoms with Gasteiger partial charge in [0.05, 0.1) is 24.4 Å². The molecule has 0 radical (unpaired) electrons. The van der Waals surface area contributed by atoms with Gasteiger partial charge in [0, 0.05) is 65.4 Å². The van der Waals surface area contributed by atoms with Crippen LogP contribution in [0.3, 0.4) is 0 Å². The van der Waals surface area contributed by atoms with Crippen LogP contribution in [0.1, 0.15) is 39.9 Å². The fourth-order valence-corrected chi connectivity index (χ4v) is 5.23. The fourth-order valence-electron chi connectivity index (χ4n) is 5.23. The maximum Gasteiger partial charge on any atom is 0.251 e. The molecular weight excluding hydrogens is 566 g/mol. The van der Waals surface area contributed by atoms with E-state index in [4.69, 9.17) is 13.9 Å². The van der Waals surface area contributed by atoms with Crippen LogP contribution in [0.25, 0.3) is 0 Å². The number of hydrogen-bond donors (Lipinski definition) is 4. The molecule has 13 heteroatoms. The van der Waals surface area contributed by atoms with E-state index in [0.29, 0.717) is 68.8 Å². The molecule has 2 atom stereocenters. The number of aliphatic hydroxyl groups is 1. The predicted molar refractivity (Wildman–Crippen MR) is 164 cm³/mol. The number of aryl methyl sites for hydroxylation is 1. The van der Waals surface area contributed by atoms with Crippen molar-refractivity contribution in [1.82, 2.24) is 25.5 Å². The molecule has 0 spiro atoms. The van der Waals surface area contributed by atoms with Gasteiger partial charge < -0.3 is 44.7 Å². The summed E-state index contributed by atoms with van der Waals surface area (Å²) in [7, 11) is 3.52. The lowest BCUT2D eigenvalue weighted by molar-refractivity contribution is -0.132. The largest absolute Gasteiger partial charge is 0.486 e. The predicted octanol–water partition coefficient (Wildman–Crippen LogP) is 1.49. The third-order valence-electron chi connectivity index (χ3n) is 8.10. The Morgan fingerprint density at radius 1 is 1.25 bits per heavy atom. The summed E-state index contributed by atoms with van der Waals surface area (Å²) >= 11 is 0. The molecule has 5 rings (SSSR count). The van der Waals surface area contributed by atoms with Crippen LogP contribution >= 0.6 is 0 Å². The molecule has 4 N–H and O–H groups in total. The van der Waals surface area contributed by atoms with Crippen molar-refractivity contribution in [2.24, 2.45) is 0 Å². The third kappa shape index (κ3) is 7.65. The molecule has 0 aliphatic carbocycles. The van der Waals surface area contributed by atoms with Gasteiger partial charge in [-0.2, -0.15) is 0 Å². The highest BCUT2D eigenvalue weighted by Crippen LogP contribution is 2.25. The number of methoxy groups -OCH3 is 1. The van der Waals surface area contributed by atoms with Crippen LogP contribution in [0.2, 0.25) is 0 Å². The monoisotopic (exact) mass is 607 g/mol. The highest BCUT2D eigenvalue weighted by Gasteiger charge is 2.29. The summed E-state index contributed by atoms with van der Waals surface area (Å²) in [5.74, 6) is 2.32. The number of amides is 2. The summed E-state index contributed by atoms with van der Waals surface area (Å²) in [6.45, 7) is 6.66. The van der Waals surface area contributed by atoms with Gasteiger partial charge in [-0.25, -0.2) is 9.97 Å². The first-order chi connectivity index (χ1) is 21.2. The van der Waals surface area contributed by atoms with Crippen LogP contribution in [-0.4, -0.2) is 96.9 Å². The lowest BCUT2D eigenvalue weighted by Gasteiger charge is -2.39. The first kappa shape index (κ1) is 31.2. The number of oxazole rings is 1. The first-order valence-corrected chi connectivity index (χ1v) is 14.8. The molecule has 0 unspecified atom stereocenters. The Kier molecular flexibility index (Phi) is 9.98. The average molecular weight is 608 g/mol. The minimum absolute atomic E-state index is 0.0338. The van der Waals surface area contributed by atoms with Gasteiger partial charge in [0.2, 0.25) is 5.91 Å². The zero-order chi connectivity index (χ0) is 31.2. The molecule has 1 saturated heterocycles. The summed E-state index contributed by atoms with van der Waals surface area (Å²) in [5.41, 5.74) is 3.45. The van der Waals surface area contributed by atoms with Crippen LogP contribution in [0, 0.1) is 6.92 Å². The molecule has 13 nitrogen and oxygen atoms in total. The number of pyridine rings is 1. The van der Waals surface area contributed by atoms with Crippen LogP contribution in [0.15, 0.2) is 41.1 Å². The SMILES string of the molecule is COCCN(C)c1cc(C(=O)NC[C@@H](O)[C@@H]2Cc3ccc(OCc4ocnc4C)cc3CN2)cc(NC2CN(C(C)=O)C2)n1. The Hall–Kier alpha value is -4.20. The van der Waals surface area contributed by atoms with Crippen molar-refractivity contribution in [3.8, 4) is 5.75 Å². The van der Waals surface area contributed by atoms with Crippen molar-refractivity contribution in [3.05, 3.63) is 64.9 Å². The molecule has 2 amide bonds. The number of likely N-dealkylation sites (tertiary alicyclic amines) is 1. The number of fused-ring (bicyclic) bond motifs is 1. The van der Waals surface area contributed by atoms with Crippen molar-refractivity contribution in [2.45, 2.75) is 51.6 Å². The number of aliphatic hydroxyl groups excluding tert-OH is 1. The van der Waals surface area contributed by atoms with Crippen LogP contribution in [-0.2, 0) is 29.1 Å². The summed E-state index contributed by atoms with van der Waals surface area (Å²) < 4.78 is 16.4. The van der Waals surface area contributed by atoms with Gasteiger partial charge in [-0.1, -0.05) is 6.07 Å². The van der Waals surface area contributed by atoms with E-state index in [1.807, 2.05) is 37.1 Å². The standard InChI is InChI=1S/C31H41N7O6/c1-19-28(44-18-34-19)17-43-25-6-5-21-10-26(32-13-23(21)9-25)27(40)14-33-31(41)22-11-29(35-24-15-38(16-24)20(2)39)36-30(12-22)37(3)7-8-42-4/h5-6,9,11-12,18,24,26-27,32,40H,7-8,10,13-17H2,1-4H3,(H,33,41)(H,35,36)/t26-,27+/m0/s1. The third-order valence-corrected chi connectivity index (χ3v) is 8.10. The number of carbonyl (C=O) groups is 2. The van der Waals surface area contributed by atoms with Crippen LogP contribution in [0.4, 0.5) is 11.6 Å². The second-order valence-electron chi connectivity index (χ2n) is 11.3. The Labute approximate surface area is 256 Å². The molecule has 2 aliphatic rings. The normalized spacial score (nSPS) is 16.9. The van der Waals surface area contributed by atoms with Crippen molar-refractivity contribution < 1.29 is 28.6 Å². The van der Waals surface area contributed by atoms with E-state index >= 15 is 0 Å². The van der Waals surface area contributed by atoms with E-state index in [9.17, 15) is 14.7 Å². The van der Waals surface area contributed by atoms with Crippen molar-refractivity contribution in [1.29, 1.82) is 0 Å². The number of aromatic nitrogens is 2. The number of nitrogens with one attached hydrogen (secondary N) is 3. The van der Waals surface area contributed by atoms with Crippen molar-refractivity contribution >= 4 is 23.5 Å². The van der Waals surface area contributed by atoms with Gasteiger partial charge >= 0.3 is 0 Å². The van der Waals surface area contributed by atoms with E-state index in [2.05, 4.69) is 25.9 Å². The van der Waals surface area contributed by atoms with E-state index in [-0.39, 0.29) is 30.4 Å². The Morgan fingerprint density at radius 2 is 2.07 bits per heavy atom. The number of benzene rings is 1. The molecule has 2 aromatic heterocycles. The molecule has 0 bridgehead atoms. The van der Waals surface area contributed by atoms with Gasteiger partial charge in [-0.15, -0.1) is 0 Å². The van der Waals surface area contributed by atoms with Crippen molar-refractivity contribution in [3.63, 3.8) is 0 Å². The highest BCUT2D eigenvalue weighted by atomic mass is 16.5. The molecule has 0 saturated carbocycles. The Morgan fingerprint density at radius 3 is 2.80 bits per heavy atom. The minimum atomic E-state index is -0.798. The molecule has 2 aliphatic heterocycles. The Bertz CT molecular complexity index is 1460. The van der Waals surface area contributed by atoms with Gasteiger partial charge in [0.15, 0.2) is 12.2 Å². The molecule has 3 aromatic rings. The summed E-state index contributed by atoms with van der Waals surface area (Å²) in [6.07, 6.45) is 1.23. The van der Waals surface area contributed by atoms with E-state index in [1.54, 1.807) is 31.1 Å². The molecular formula is C31H41N7O6. The van der Waals surface area contributed by atoms with E-state index < -0.39 is 6.10 Å². The summed E-state index contributed by atoms with van der Waals surface area (Å²) in [5, 5.41) is 20.6. The Balaban J connectivity index is 1.17. The number of likely N-dealkylation sites (N-methyl/N-ethyl adjacent to an activating group) is 1. The molecule has 1 aromatic carbocycles. The van der Waals surface area contributed by atoms with Crippen LogP contribution < -0.4 is 25.6 Å². The number of rotatable bonds is 13. The number of ether oxygens (including phenoxy) is 2. The van der Waals surface area contributed by atoms with Gasteiger partial charge in [-0.3, -0.25) is 9.59 Å². The van der Waals surface area contributed by atoms with Gasteiger partial charge in [-0.05, 0) is 48.7 Å². The smallest absolute Gasteiger partial charge is 0.251 e. The molecule has 4 heterocycles. The maximum atomic E-state index is 13.3. The molecule has 1 fully saturated rings. The average Bonchev–Trinajstić information content (AvgIpc) is 3.42. The number of nitrogens with zero attached hydrogens (tertiary/aromatic N) is 4. The van der Waals surface area contributed by atoms with E-state index in [0.717, 1.165) is 22.6 Å². The van der Waals surface area contributed by atoms with Gasteiger partial charge in [0.1, 0.15) is 24.0 Å². The topological polar surface area (TPSA) is 154 Å². The maximum absolute atomic E-state index is 13.3. The molecule has 44 heavy (non-hydrogen) atoms. The van der Waals surface area contributed by atoms with E-state index in [1.165, 1.54) is 6.39 Å². The highest BCUT2D eigenvalue weighted by molar-refractivity contribution is 5.95. The fraction of sp³-hybridized carbons (Fsp3) is 0.484. The molecule has 236 valence electrons. The zero-order valence-corrected chi connectivity index (χ0v) is 25.6. The second-order valence-corrected chi connectivity index (χ2v) is 11.3. The second kappa shape index (κ2) is 14.1. The summed E-state index contributed by atoms with van der Waals surface area (Å²) in [6, 6.07) is 9.19. The number of carbonyl (C=O) groups excluding carboxylic acids is 2. The number of hydrogen-bond acceptors (Lipinski definition) is 11. The quantitative estimate of drug-likeness (QED) is 0.223. The number of anilines is 2. The lowest BCUT2D eigenvalue weighted by Crippen LogP contribution is -2.56. The lowest BCUT2D eigenvalue weighted by atomic mass is 9.92. The van der Waals surface area contributed by atoms with Crippen LogP contribution in [0.5, 0.6) is 5.75 Å².